The second-order valence-electron chi connectivity index (χ2n) is 13.8. The van der Waals surface area contributed by atoms with Crippen molar-refractivity contribution in [1.29, 1.82) is 0 Å². The van der Waals surface area contributed by atoms with E-state index in [1.54, 1.807) is 24.3 Å². The number of hydrogen-bond donors (Lipinski definition) is 2. The first-order valence-electron chi connectivity index (χ1n) is 16.4. The van der Waals surface area contributed by atoms with Crippen LogP contribution in [0.5, 0.6) is 11.5 Å². The molecule has 6 aromatic carbocycles. The Morgan fingerprint density at radius 2 is 0.851 bits per heavy atom. The molecule has 2 N–H and O–H groups in total. The second kappa shape index (κ2) is 12.6. The molecule has 0 saturated heterocycles. The van der Waals surface area contributed by atoms with E-state index in [9.17, 15) is 10.2 Å². The van der Waals surface area contributed by atoms with E-state index in [1.807, 2.05) is 18.2 Å². The molecule has 0 fully saturated rings. The minimum Gasteiger partial charge on any atom is -0.508 e. The van der Waals surface area contributed by atoms with E-state index < -0.39 is 0 Å². The van der Waals surface area contributed by atoms with Gasteiger partial charge >= 0.3 is 0 Å². The van der Waals surface area contributed by atoms with E-state index >= 15 is 0 Å². The van der Waals surface area contributed by atoms with Gasteiger partial charge in [-0.1, -0.05) is 152 Å². The van der Waals surface area contributed by atoms with Crippen molar-refractivity contribution in [2.75, 3.05) is 0 Å². The lowest BCUT2D eigenvalue weighted by molar-refractivity contribution is 0.442. The minimum atomic E-state index is -0.247. The van der Waals surface area contributed by atoms with Crippen molar-refractivity contribution in [3.8, 4) is 11.5 Å². The molecule has 0 aromatic heterocycles. The number of rotatable bonds is 5. The molecule has 2 unspecified atom stereocenters. The number of benzene rings is 6. The molecule has 7 rings (SSSR count). The fraction of sp³-hybridized carbons (Fsp3) is 0.200. The smallest absolute Gasteiger partial charge is 0.115 e. The van der Waals surface area contributed by atoms with Crippen molar-refractivity contribution in [2.45, 2.75) is 57.3 Å². The van der Waals surface area contributed by atoms with Gasteiger partial charge in [-0.05, 0) is 95.8 Å². The summed E-state index contributed by atoms with van der Waals surface area (Å²) < 4.78 is 0. The van der Waals surface area contributed by atoms with Gasteiger partial charge in [0, 0.05) is 10.8 Å². The standard InChI is InChI=1S/C24H24O.C21H20O/c1-17-8-10-18(11-9-17)24(19-12-14-20(25)15-13-19)16-23(2,3)21-6-4-5-7-22(21)24;1-16-8-10-18(11-9-16)21(2,17-6-4-3-5-7-17)19-12-14-20(22)15-13-19/h4-15,25H,16H2,1-3H3;3-15,22H,1-2H3. The molecule has 2 heteroatoms. The van der Waals surface area contributed by atoms with Crippen LogP contribution in [0, 0.1) is 13.8 Å². The van der Waals surface area contributed by atoms with E-state index in [-0.39, 0.29) is 16.2 Å². The Hall–Kier alpha value is -5.08. The fourth-order valence-electron chi connectivity index (χ4n) is 7.52. The first kappa shape index (κ1) is 31.9. The SMILES string of the molecule is Cc1ccc(C(C)(c2ccccc2)c2ccc(O)cc2)cc1.Cc1ccc(C2(c3ccc(O)cc3)CC(C)(C)c3ccccc32)cc1. The molecule has 0 aliphatic heterocycles. The third kappa shape index (κ3) is 5.97. The summed E-state index contributed by atoms with van der Waals surface area (Å²) in [5.74, 6) is 0.608. The van der Waals surface area contributed by atoms with Crippen LogP contribution in [-0.2, 0) is 16.2 Å². The largest absolute Gasteiger partial charge is 0.508 e. The Morgan fingerprint density at radius 3 is 1.38 bits per heavy atom. The van der Waals surface area contributed by atoms with E-state index in [2.05, 4.69) is 144 Å². The van der Waals surface area contributed by atoms with E-state index in [1.165, 1.54) is 50.1 Å². The monoisotopic (exact) mass is 616 g/mol. The molecular formula is C45H44O2. The molecule has 0 saturated carbocycles. The van der Waals surface area contributed by atoms with Crippen LogP contribution < -0.4 is 0 Å². The average Bonchev–Trinajstić information content (AvgIpc) is 3.34. The molecule has 47 heavy (non-hydrogen) atoms. The van der Waals surface area contributed by atoms with Crippen LogP contribution in [0.3, 0.4) is 0 Å². The summed E-state index contributed by atoms with van der Waals surface area (Å²) in [4.78, 5) is 0. The third-order valence-corrected chi connectivity index (χ3v) is 10.2. The zero-order chi connectivity index (χ0) is 33.2. The molecule has 0 amide bonds. The van der Waals surface area contributed by atoms with Crippen LogP contribution in [0.15, 0.2) is 152 Å². The number of aromatic hydroxyl groups is 2. The van der Waals surface area contributed by atoms with Crippen LogP contribution in [0.2, 0.25) is 0 Å². The average molecular weight is 617 g/mol. The summed E-state index contributed by atoms with van der Waals surface area (Å²) in [5.41, 5.74) is 11.2. The molecule has 1 aliphatic carbocycles. The highest BCUT2D eigenvalue weighted by Crippen LogP contribution is 2.56. The van der Waals surface area contributed by atoms with Crippen molar-refractivity contribution in [3.05, 3.63) is 202 Å². The Kier molecular flexibility index (Phi) is 8.55. The molecule has 0 spiro atoms. The highest BCUT2D eigenvalue weighted by Gasteiger charge is 2.49. The van der Waals surface area contributed by atoms with Gasteiger partial charge in [0.15, 0.2) is 0 Å². The van der Waals surface area contributed by atoms with Gasteiger partial charge in [-0.3, -0.25) is 0 Å². The molecular weight excluding hydrogens is 572 g/mol. The summed E-state index contributed by atoms with van der Waals surface area (Å²) in [6, 6.07) is 52.2. The van der Waals surface area contributed by atoms with Crippen LogP contribution in [0.4, 0.5) is 0 Å². The topological polar surface area (TPSA) is 40.5 Å². The number of phenolic OH excluding ortho intramolecular Hbond substituents is 2. The summed E-state index contributed by atoms with van der Waals surface area (Å²) >= 11 is 0. The zero-order valence-corrected chi connectivity index (χ0v) is 28.0. The third-order valence-electron chi connectivity index (χ3n) is 10.2. The van der Waals surface area contributed by atoms with E-state index in [4.69, 9.17) is 0 Å². The molecule has 0 heterocycles. The summed E-state index contributed by atoms with van der Waals surface area (Å²) in [5, 5.41) is 19.4. The minimum absolute atomic E-state index is 0.0966. The molecule has 236 valence electrons. The molecule has 0 bridgehead atoms. The van der Waals surface area contributed by atoms with Gasteiger partial charge in [-0.15, -0.1) is 0 Å². The van der Waals surface area contributed by atoms with Gasteiger partial charge < -0.3 is 10.2 Å². The zero-order valence-electron chi connectivity index (χ0n) is 28.0. The Morgan fingerprint density at radius 1 is 0.468 bits per heavy atom. The quantitative estimate of drug-likeness (QED) is 0.189. The number of hydrogen-bond acceptors (Lipinski definition) is 2. The molecule has 6 aromatic rings. The van der Waals surface area contributed by atoms with Crippen LogP contribution in [-0.4, -0.2) is 10.2 Å². The molecule has 2 atom stereocenters. The van der Waals surface area contributed by atoms with E-state index in [0.29, 0.717) is 11.5 Å². The van der Waals surface area contributed by atoms with Crippen LogP contribution in [0.1, 0.15) is 77.3 Å². The summed E-state index contributed by atoms with van der Waals surface area (Å²) in [6.45, 7) is 11.1. The van der Waals surface area contributed by atoms with Crippen molar-refractivity contribution in [1.82, 2.24) is 0 Å². The number of phenols is 2. The Bertz CT molecular complexity index is 1840. The summed E-state index contributed by atoms with van der Waals surface area (Å²) in [6.07, 6.45) is 1.02. The van der Waals surface area contributed by atoms with Gasteiger partial charge in [0.25, 0.3) is 0 Å². The van der Waals surface area contributed by atoms with Crippen molar-refractivity contribution in [2.24, 2.45) is 0 Å². The molecule has 0 radical (unpaired) electrons. The predicted octanol–water partition coefficient (Wildman–Crippen LogP) is 10.8. The predicted molar refractivity (Wildman–Crippen MR) is 195 cm³/mol. The van der Waals surface area contributed by atoms with Crippen molar-refractivity contribution < 1.29 is 10.2 Å². The number of fused-ring (bicyclic) bond motifs is 1. The maximum atomic E-state index is 9.79. The van der Waals surface area contributed by atoms with Crippen molar-refractivity contribution in [3.63, 3.8) is 0 Å². The Labute approximate surface area is 280 Å². The molecule has 2 nitrogen and oxygen atoms in total. The molecule has 1 aliphatic rings. The lowest BCUT2D eigenvalue weighted by Crippen LogP contribution is -2.28. The second-order valence-corrected chi connectivity index (χ2v) is 13.8. The summed E-state index contributed by atoms with van der Waals surface area (Å²) in [7, 11) is 0. The first-order chi connectivity index (χ1) is 22.5. The first-order valence-corrected chi connectivity index (χ1v) is 16.4. The number of aryl methyl sites for hydroxylation is 2. The normalized spacial score (nSPS) is 17.6. The van der Waals surface area contributed by atoms with Gasteiger partial charge in [-0.25, -0.2) is 0 Å². The fourth-order valence-corrected chi connectivity index (χ4v) is 7.52. The van der Waals surface area contributed by atoms with Gasteiger partial charge in [0.05, 0.1) is 0 Å². The Balaban J connectivity index is 0.000000166. The highest BCUT2D eigenvalue weighted by molar-refractivity contribution is 5.60. The maximum Gasteiger partial charge on any atom is 0.115 e. The lowest BCUT2D eigenvalue weighted by atomic mass is 9.68. The van der Waals surface area contributed by atoms with Crippen LogP contribution in [0.25, 0.3) is 0 Å². The highest BCUT2D eigenvalue weighted by atomic mass is 16.3. The van der Waals surface area contributed by atoms with Gasteiger partial charge in [-0.2, -0.15) is 0 Å². The van der Waals surface area contributed by atoms with Crippen LogP contribution >= 0.6 is 0 Å². The lowest BCUT2D eigenvalue weighted by Gasteiger charge is -2.34. The van der Waals surface area contributed by atoms with Gasteiger partial charge in [0.1, 0.15) is 11.5 Å². The maximum absolute atomic E-state index is 9.79. The van der Waals surface area contributed by atoms with Gasteiger partial charge in [0.2, 0.25) is 0 Å². The van der Waals surface area contributed by atoms with Crippen molar-refractivity contribution >= 4 is 0 Å². The van der Waals surface area contributed by atoms with E-state index in [0.717, 1.165) is 6.42 Å².